The van der Waals surface area contributed by atoms with Gasteiger partial charge in [0.1, 0.15) is 0 Å². The minimum Gasteiger partial charge on any atom is -0.246 e. The Morgan fingerprint density at radius 1 is 1.18 bits per heavy atom. The predicted molar refractivity (Wildman–Crippen MR) is 86.1 cm³/mol. The highest BCUT2D eigenvalue weighted by Crippen LogP contribution is 2.39. The van der Waals surface area contributed by atoms with Crippen molar-refractivity contribution in [1.29, 1.82) is 0 Å². The molecule has 1 aromatic rings. The van der Waals surface area contributed by atoms with E-state index in [-0.39, 0.29) is 18.4 Å². The molecule has 2 rings (SSSR count). The Hall–Kier alpha value is -0.680. The van der Waals surface area contributed by atoms with E-state index in [9.17, 15) is 13.2 Å². The standard InChI is InChI=1S/C17H24F3NS/c1-12-7-8-15(14(10-12)16(2,3)4)22-21-9-5-6-13(11-21)17(18,19)20/h7-8,10,13H,5-6,9,11H2,1-4H3. The second-order valence-electron chi connectivity index (χ2n) is 7.11. The molecule has 5 heteroatoms. The summed E-state index contributed by atoms with van der Waals surface area (Å²) in [5.74, 6) is -1.20. The van der Waals surface area contributed by atoms with Gasteiger partial charge in [0, 0.05) is 18.0 Å². The number of halogens is 3. The normalized spacial score (nSPS) is 21.1. The summed E-state index contributed by atoms with van der Waals surface area (Å²) in [6, 6.07) is 6.22. The van der Waals surface area contributed by atoms with Crippen molar-refractivity contribution in [3.8, 4) is 0 Å². The zero-order valence-corrected chi connectivity index (χ0v) is 14.4. The topological polar surface area (TPSA) is 3.24 Å². The highest BCUT2D eigenvalue weighted by atomic mass is 32.2. The summed E-state index contributed by atoms with van der Waals surface area (Å²) in [6.07, 6.45) is -3.23. The van der Waals surface area contributed by atoms with Gasteiger partial charge in [-0.15, -0.1) is 0 Å². The molecule has 0 amide bonds. The molecule has 1 saturated heterocycles. The lowest BCUT2D eigenvalue weighted by Crippen LogP contribution is -2.38. The zero-order valence-electron chi connectivity index (χ0n) is 13.6. The van der Waals surface area contributed by atoms with Gasteiger partial charge in [-0.2, -0.15) is 13.2 Å². The Morgan fingerprint density at radius 3 is 2.45 bits per heavy atom. The zero-order chi connectivity index (χ0) is 16.5. The van der Waals surface area contributed by atoms with Crippen LogP contribution >= 0.6 is 11.9 Å². The van der Waals surface area contributed by atoms with Gasteiger partial charge < -0.3 is 0 Å². The predicted octanol–water partition coefficient (Wildman–Crippen LogP) is 5.57. The summed E-state index contributed by atoms with van der Waals surface area (Å²) in [7, 11) is 0. The van der Waals surface area contributed by atoms with Crippen LogP contribution in [0.1, 0.15) is 44.7 Å². The van der Waals surface area contributed by atoms with Gasteiger partial charge in [-0.3, -0.25) is 0 Å². The van der Waals surface area contributed by atoms with E-state index in [2.05, 4.69) is 26.8 Å². The Bertz CT molecular complexity index is 520. The maximum absolute atomic E-state index is 12.9. The average molecular weight is 331 g/mol. The summed E-state index contributed by atoms with van der Waals surface area (Å²) in [5, 5.41) is 0. The third kappa shape index (κ3) is 4.42. The van der Waals surface area contributed by atoms with Crippen molar-refractivity contribution >= 4 is 11.9 Å². The number of aryl methyl sites for hydroxylation is 1. The Balaban J connectivity index is 2.17. The van der Waals surface area contributed by atoms with Gasteiger partial charge in [0.25, 0.3) is 0 Å². The average Bonchev–Trinajstić information content (AvgIpc) is 2.39. The number of nitrogens with zero attached hydrogens (tertiary/aromatic N) is 1. The third-order valence-electron chi connectivity index (χ3n) is 4.02. The Kier molecular flexibility index (Phi) is 5.17. The number of alkyl halides is 3. The summed E-state index contributed by atoms with van der Waals surface area (Å²) < 4.78 is 40.7. The van der Waals surface area contributed by atoms with E-state index < -0.39 is 12.1 Å². The van der Waals surface area contributed by atoms with Crippen LogP contribution in [0.15, 0.2) is 23.1 Å². The highest BCUT2D eigenvalue weighted by molar-refractivity contribution is 7.97. The molecule has 22 heavy (non-hydrogen) atoms. The minimum atomic E-state index is -4.08. The first-order valence-electron chi connectivity index (χ1n) is 7.68. The van der Waals surface area contributed by atoms with Gasteiger partial charge in [0.2, 0.25) is 0 Å². The second-order valence-corrected chi connectivity index (χ2v) is 8.25. The molecule has 1 atom stereocenters. The molecule has 0 aliphatic carbocycles. The number of benzene rings is 1. The van der Waals surface area contributed by atoms with Gasteiger partial charge in [0.05, 0.1) is 5.92 Å². The van der Waals surface area contributed by atoms with Crippen LogP contribution in [0, 0.1) is 12.8 Å². The lowest BCUT2D eigenvalue weighted by molar-refractivity contribution is -0.182. The van der Waals surface area contributed by atoms with E-state index in [1.807, 2.05) is 23.4 Å². The molecular formula is C17H24F3NS. The van der Waals surface area contributed by atoms with E-state index >= 15 is 0 Å². The molecule has 1 aliphatic heterocycles. The SMILES string of the molecule is Cc1ccc(SN2CCCC(C(F)(F)F)C2)c(C(C)(C)C)c1. The fourth-order valence-corrected chi connectivity index (χ4v) is 4.09. The monoisotopic (exact) mass is 331 g/mol. The maximum atomic E-state index is 12.9. The van der Waals surface area contributed by atoms with Crippen LogP contribution in [0.25, 0.3) is 0 Å². The number of piperidine rings is 1. The molecule has 0 N–H and O–H groups in total. The largest absolute Gasteiger partial charge is 0.393 e. The Morgan fingerprint density at radius 2 is 1.86 bits per heavy atom. The van der Waals surface area contributed by atoms with Gasteiger partial charge in [-0.25, -0.2) is 4.31 Å². The first-order chi connectivity index (χ1) is 10.1. The van der Waals surface area contributed by atoms with E-state index in [1.54, 1.807) is 0 Å². The fraction of sp³-hybridized carbons (Fsp3) is 0.647. The van der Waals surface area contributed by atoms with Crippen LogP contribution in [0.4, 0.5) is 13.2 Å². The number of hydrogen-bond donors (Lipinski definition) is 0. The first-order valence-corrected chi connectivity index (χ1v) is 8.45. The molecule has 0 aromatic heterocycles. The number of rotatable bonds is 2. The van der Waals surface area contributed by atoms with Crippen LogP contribution in [-0.2, 0) is 5.41 Å². The molecule has 1 fully saturated rings. The lowest BCUT2D eigenvalue weighted by atomic mass is 9.86. The molecule has 1 aromatic carbocycles. The molecule has 124 valence electrons. The minimum absolute atomic E-state index is 0.0203. The van der Waals surface area contributed by atoms with E-state index in [1.165, 1.54) is 23.1 Å². The molecule has 0 spiro atoms. The van der Waals surface area contributed by atoms with Gasteiger partial charge in [-0.1, -0.05) is 38.5 Å². The molecule has 0 bridgehead atoms. The molecular weight excluding hydrogens is 307 g/mol. The maximum Gasteiger partial charge on any atom is 0.393 e. The first kappa shape index (κ1) is 17.7. The third-order valence-corrected chi connectivity index (χ3v) is 5.16. The fourth-order valence-electron chi connectivity index (χ4n) is 2.74. The van der Waals surface area contributed by atoms with Gasteiger partial charge >= 0.3 is 6.18 Å². The van der Waals surface area contributed by atoms with Crippen LogP contribution in [0.5, 0.6) is 0 Å². The molecule has 0 radical (unpaired) electrons. The molecule has 0 saturated carbocycles. The molecule has 1 heterocycles. The van der Waals surface area contributed by atoms with Gasteiger partial charge in [-0.05, 0) is 48.8 Å². The van der Waals surface area contributed by atoms with E-state index in [0.29, 0.717) is 13.0 Å². The van der Waals surface area contributed by atoms with Crippen LogP contribution in [0.3, 0.4) is 0 Å². The van der Waals surface area contributed by atoms with Crippen LogP contribution in [-0.4, -0.2) is 23.6 Å². The van der Waals surface area contributed by atoms with Crippen molar-refractivity contribution in [2.75, 3.05) is 13.1 Å². The quantitative estimate of drug-likeness (QED) is 0.651. The van der Waals surface area contributed by atoms with Crippen molar-refractivity contribution in [2.45, 2.75) is 57.0 Å². The highest BCUT2D eigenvalue weighted by Gasteiger charge is 2.42. The Labute approximate surface area is 135 Å². The van der Waals surface area contributed by atoms with Crippen LogP contribution in [0.2, 0.25) is 0 Å². The molecule has 1 nitrogen and oxygen atoms in total. The van der Waals surface area contributed by atoms with Crippen LogP contribution < -0.4 is 0 Å². The van der Waals surface area contributed by atoms with Crippen molar-refractivity contribution in [3.05, 3.63) is 29.3 Å². The number of hydrogen-bond acceptors (Lipinski definition) is 2. The summed E-state index contributed by atoms with van der Waals surface area (Å²) in [4.78, 5) is 1.07. The van der Waals surface area contributed by atoms with Crippen molar-refractivity contribution in [2.24, 2.45) is 5.92 Å². The van der Waals surface area contributed by atoms with Crippen molar-refractivity contribution in [1.82, 2.24) is 4.31 Å². The lowest BCUT2D eigenvalue weighted by Gasteiger charge is -2.34. The summed E-state index contributed by atoms with van der Waals surface area (Å²) in [6.45, 7) is 9.27. The smallest absolute Gasteiger partial charge is 0.246 e. The van der Waals surface area contributed by atoms with Crippen molar-refractivity contribution < 1.29 is 13.2 Å². The van der Waals surface area contributed by atoms with E-state index in [0.717, 1.165) is 4.90 Å². The van der Waals surface area contributed by atoms with Crippen molar-refractivity contribution in [3.63, 3.8) is 0 Å². The summed E-state index contributed by atoms with van der Waals surface area (Å²) in [5.41, 5.74) is 2.36. The van der Waals surface area contributed by atoms with E-state index in [4.69, 9.17) is 0 Å². The summed E-state index contributed by atoms with van der Waals surface area (Å²) >= 11 is 1.48. The second kappa shape index (κ2) is 6.44. The molecule has 1 unspecified atom stereocenters. The molecule has 1 aliphatic rings. The van der Waals surface area contributed by atoms with Gasteiger partial charge in [0.15, 0.2) is 0 Å².